The van der Waals surface area contributed by atoms with Gasteiger partial charge in [0.1, 0.15) is 17.0 Å². The molecular formula is C35H20N2O. The number of para-hydroxylation sites is 3. The summed E-state index contributed by atoms with van der Waals surface area (Å²) in [7, 11) is 0. The van der Waals surface area contributed by atoms with E-state index in [9.17, 15) is 0 Å². The minimum atomic E-state index is 0.933. The van der Waals surface area contributed by atoms with Crippen LogP contribution in [0.4, 0.5) is 0 Å². The van der Waals surface area contributed by atoms with Crippen LogP contribution >= 0.6 is 0 Å². The maximum atomic E-state index is 6.39. The van der Waals surface area contributed by atoms with Crippen LogP contribution in [0, 0.1) is 0 Å². The fraction of sp³-hybridized carbons (Fsp3) is 0. The molecule has 0 fully saturated rings. The number of aromatic nitrogens is 2. The highest BCUT2D eigenvalue weighted by atomic mass is 16.3. The molecule has 0 spiro atoms. The van der Waals surface area contributed by atoms with Crippen LogP contribution in [-0.2, 0) is 0 Å². The van der Waals surface area contributed by atoms with E-state index in [1.807, 2.05) is 18.2 Å². The van der Waals surface area contributed by atoms with E-state index < -0.39 is 0 Å². The number of rotatable bonds is 2. The molecule has 3 nitrogen and oxygen atoms in total. The zero-order valence-corrected chi connectivity index (χ0v) is 20.3. The summed E-state index contributed by atoms with van der Waals surface area (Å²) in [6, 6.07) is 42.8. The Morgan fingerprint density at radius 2 is 1.37 bits per heavy atom. The number of benzene rings is 6. The molecule has 3 heteroatoms. The summed E-state index contributed by atoms with van der Waals surface area (Å²) in [6.07, 6.45) is 0. The van der Waals surface area contributed by atoms with Gasteiger partial charge in [-0.15, -0.1) is 0 Å². The Hall–Kier alpha value is -5.15. The van der Waals surface area contributed by atoms with Crippen molar-refractivity contribution in [2.75, 3.05) is 0 Å². The van der Waals surface area contributed by atoms with Crippen molar-refractivity contribution in [3.63, 3.8) is 0 Å². The van der Waals surface area contributed by atoms with Gasteiger partial charge in [0.25, 0.3) is 0 Å². The van der Waals surface area contributed by atoms with Gasteiger partial charge in [-0.3, -0.25) is 4.57 Å². The monoisotopic (exact) mass is 484 g/mol. The molecule has 0 N–H and O–H groups in total. The van der Waals surface area contributed by atoms with E-state index in [-0.39, 0.29) is 0 Å². The van der Waals surface area contributed by atoms with E-state index in [0.29, 0.717) is 0 Å². The molecule has 0 saturated carbocycles. The molecule has 0 unspecified atom stereocenters. The average molecular weight is 485 g/mol. The highest BCUT2D eigenvalue weighted by Crippen LogP contribution is 2.51. The Kier molecular flexibility index (Phi) is 3.79. The zero-order valence-electron chi connectivity index (χ0n) is 20.3. The Bertz CT molecular complexity index is 2230. The minimum Gasteiger partial charge on any atom is -0.455 e. The number of nitrogens with zero attached hydrogens (tertiary/aromatic N) is 2. The normalized spacial score (nSPS) is 12.2. The third kappa shape index (κ3) is 2.55. The lowest BCUT2D eigenvalue weighted by Crippen LogP contribution is -1.98. The Morgan fingerprint density at radius 3 is 2.32 bits per heavy atom. The van der Waals surface area contributed by atoms with Crippen LogP contribution < -0.4 is 0 Å². The quantitative estimate of drug-likeness (QED) is 0.245. The molecule has 0 saturated heterocycles. The molecule has 176 valence electrons. The second kappa shape index (κ2) is 7.21. The Balaban J connectivity index is 1.33. The van der Waals surface area contributed by atoms with Crippen LogP contribution in [0.1, 0.15) is 0 Å². The van der Waals surface area contributed by atoms with Gasteiger partial charge in [0, 0.05) is 32.8 Å². The van der Waals surface area contributed by atoms with Gasteiger partial charge in [0.2, 0.25) is 0 Å². The van der Waals surface area contributed by atoms with Gasteiger partial charge in [0.15, 0.2) is 0 Å². The minimum absolute atomic E-state index is 0.933. The van der Waals surface area contributed by atoms with Crippen molar-refractivity contribution in [3.05, 3.63) is 121 Å². The number of hydrogen-bond acceptors (Lipinski definition) is 2. The Morgan fingerprint density at radius 1 is 0.553 bits per heavy atom. The van der Waals surface area contributed by atoms with E-state index in [2.05, 4.69) is 108 Å². The molecule has 0 bridgehead atoms. The van der Waals surface area contributed by atoms with Crippen LogP contribution in [0.15, 0.2) is 126 Å². The summed E-state index contributed by atoms with van der Waals surface area (Å²) in [6.45, 7) is 0. The van der Waals surface area contributed by atoms with Gasteiger partial charge in [0.05, 0.1) is 11.0 Å². The first-order valence-corrected chi connectivity index (χ1v) is 12.9. The van der Waals surface area contributed by atoms with E-state index in [0.717, 1.165) is 44.7 Å². The number of furan rings is 1. The van der Waals surface area contributed by atoms with Crippen molar-refractivity contribution >= 4 is 43.7 Å². The highest BCUT2D eigenvalue weighted by Gasteiger charge is 2.26. The second-order valence-electron chi connectivity index (χ2n) is 9.98. The van der Waals surface area contributed by atoms with Gasteiger partial charge in [-0.05, 0) is 58.7 Å². The molecule has 2 aromatic heterocycles. The van der Waals surface area contributed by atoms with Crippen LogP contribution in [0.5, 0.6) is 0 Å². The van der Waals surface area contributed by atoms with E-state index >= 15 is 0 Å². The lowest BCUT2D eigenvalue weighted by molar-refractivity contribution is 0.672. The predicted octanol–water partition coefficient (Wildman–Crippen LogP) is 9.39. The summed E-state index contributed by atoms with van der Waals surface area (Å²) in [5.41, 5.74) is 11.2. The topological polar surface area (TPSA) is 31.0 Å². The van der Waals surface area contributed by atoms with Crippen LogP contribution in [0.25, 0.3) is 83.1 Å². The van der Waals surface area contributed by atoms with E-state index in [1.165, 1.54) is 38.4 Å². The molecule has 0 aliphatic heterocycles. The van der Waals surface area contributed by atoms with Gasteiger partial charge in [-0.25, -0.2) is 4.98 Å². The largest absolute Gasteiger partial charge is 0.455 e. The van der Waals surface area contributed by atoms with E-state index in [1.54, 1.807) is 0 Å². The molecule has 1 aliphatic carbocycles. The van der Waals surface area contributed by atoms with Crippen molar-refractivity contribution < 1.29 is 4.42 Å². The van der Waals surface area contributed by atoms with Gasteiger partial charge < -0.3 is 4.42 Å². The highest BCUT2D eigenvalue weighted by molar-refractivity contribution is 6.25. The molecule has 0 radical (unpaired) electrons. The van der Waals surface area contributed by atoms with Crippen LogP contribution in [0.3, 0.4) is 0 Å². The average Bonchev–Trinajstić information content (AvgIpc) is 3.65. The summed E-state index contributed by atoms with van der Waals surface area (Å²) >= 11 is 0. The SMILES string of the molecule is c1ccc(-c2nc3ccccc3n2-c2ccc3c(c2)-c2cccc4c2c-3cc2c3ccccc3oc42)cc1. The fourth-order valence-electron chi connectivity index (χ4n) is 6.29. The molecule has 0 atom stereocenters. The second-order valence-corrected chi connectivity index (χ2v) is 9.98. The molecule has 38 heavy (non-hydrogen) atoms. The van der Waals surface area contributed by atoms with Crippen LogP contribution in [0.2, 0.25) is 0 Å². The number of imidazole rings is 1. The smallest absolute Gasteiger partial charge is 0.145 e. The summed E-state index contributed by atoms with van der Waals surface area (Å²) in [4.78, 5) is 5.04. The lowest BCUT2D eigenvalue weighted by atomic mass is 9.99. The van der Waals surface area contributed by atoms with Gasteiger partial charge >= 0.3 is 0 Å². The standard InChI is InChI=1S/C35H20N2O/c1-2-9-21(10-3-1)35-36-30-14-5-6-15-31(30)37(35)22-17-18-23-27(19-22)25-12-8-13-26-33(25)28(23)20-29-24-11-4-7-16-32(24)38-34(26)29/h1-20H. The molecule has 9 rings (SSSR count). The van der Waals surface area contributed by atoms with Gasteiger partial charge in [-0.2, -0.15) is 0 Å². The van der Waals surface area contributed by atoms with Crippen molar-refractivity contribution in [1.82, 2.24) is 9.55 Å². The molecule has 1 aliphatic rings. The number of fused-ring (bicyclic) bond motifs is 8. The summed E-state index contributed by atoms with van der Waals surface area (Å²) in [5, 5.41) is 4.77. The molecule has 0 amide bonds. The van der Waals surface area contributed by atoms with Crippen molar-refractivity contribution in [1.29, 1.82) is 0 Å². The van der Waals surface area contributed by atoms with Crippen molar-refractivity contribution in [2.24, 2.45) is 0 Å². The maximum Gasteiger partial charge on any atom is 0.145 e. The Labute approximate surface area is 218 Å². The maximum absolute atomic E-state index is 6.39. The molecule has 2 heterocycles. The van der Waals surface area contributed by atoms with Crippen molar-refractivity contribution in [2.45, 2.75) is 0 Å². The first-order valence-electron chi connectivity index (χ1n) is 12.9. The predicted molar refractivity (Wildman–Crippen MR) is 156 cm³/mol. The number of hydrogen-bond donors (Lipinski definition) is 0. The fourth-order valence-corrected chi connectivity index (χ4v) is 6.29. The van der Waals surface area contributed by atoms with Crippen molar-refractivity contribution in [3.8, 4) is 39.3 Å². The first kappa shape index (κ1) is 20.0. The van der Waals surface area contributed by atoms with Crippen LogP contribution in [-0.4, -0.2) is 9.55 Å². The van der Waals surface area contributed by atoms with Gasteiger partial charge in [-0.1, -0.05) is 84.9 Å². The third-order valence-electron chi connectivity index (χ3n) is 7.94. The third-order valence-corrected chi connectivity index (χ3v) is 7.94. The first-order chi connectivity index (χ1) is 18.8. The summed E-state index contributed by atoms with van der Waals surface area (Å²) in [5.74, 6) is 0.949. The van der Waals surface area contributed by atoms with E-state index in [4.69, 9.17) is 9.40 Å². The molecule has 8 aromatic rings. The summed E-state index contributed by atoms with van der Waals surface area (Å²) < 4.78 is 8.67. The lowest BCUT2D eigenvalue weighted by Gasteiger charge is -2.12. The molecular weight excluding hydrogens is 464 g/mol. The molecule has 6 aromatic carbocycles. The zero-order chi connectivity index (χ0) is 24.8.